The van der Waals surface area contributed by atoms with Crippen LogP contribution in [0, 0.1) is 11.6 Å². The molecule has 4 aromatic rings. The van der Waals surface area contributed by atoms with Crippen molar-refractivity contribution in [3.63, 3.8) is 0 Å². The zero-order valence-electron chi connectivity index (χ0n) is 15.5. The molecule has 2 amide bonds. The maximum absolute atomic E-state index is 13.7. The number of rotatable bonds is 6. The molecule has 4 rings (SSSR count). The van der Waals surface area contributed by atoms with Crippen molar-refractivity contribution in [3.05, 3.63) is 82.2 Å². The first-order chi connectivity index (χ1) is 14.5. The van der Waals surface area contributed by atoms with E-state index in [1.165, 1.54) is 35.6 Å². The van der Waals surface area contributed by atoms with Gasteiger partial charge in [-0.25, -0.2) is 8.78 Å². The third-order valence-corrected chi connectivity index (χ3v) is 5.43. The minimum atomic E-state index is -0.411. The molecule has 0 bridgehead atoms. The molecule has 2 aromatic heterocycles. The van der Waals surface area contributed by atoms with Gasteiger partial charge in [-0.3, -0.25) is 14.7 Å². The normalized spacial score (nSPS) is 10.9. The van der Waals surface area contributed by atoms with Crippen LogP contribution in [-0.2, 0) is 17.8 Å². The number of thiophene rings is 1. The van der Waals surface area contributed by atoms with E-state index in [0.717, 1.165) is 0 Å². The summed E-state index contributed by atoms with van der Waals surface area (Å²) in [7, 11) is 0. The van der Waals surface area contributed by atoms with Crippen LogP contribution in [0.15, 0.2) is 54.6 Å². The van der Waals surface area contributed by atoms with Gasteiger partial charge in [0.1, 0.15) is 16.5 Å². The molecule has 152 valence electrons. The third kappa shape index (κ3) is 4.36. The summed E-state index contributed by atoms with van der Waals surface area (Å²) in [4.78, 5) is 25.7. The van der Waals surface area contributed by atoms with E-state index < -0.39 is 5.82 Å². The maximum Gasteiger partial charge on any atom is 0.261 e. The first-order valence-electron chi connectivity index (χ1n) is 9.03. The fraction of sp³-hybridized carbons (Fsp3) is 0.0952. The molecule has 3 N–H and O–H groups in total. The number of halogens is 2. The second-order valence-corrected chi connectivity index (χ2v) is 7.61. The Morgan fingerprint density at radius 1 is 1.07 bits per heavy atom. The number of hydrogen-bond acceptors (Lipinski definition) is 4. The predicted octanol–water partition coefficient (Wildman–Crippen LogP) is 4.01. The summed E-state index contributed by atoms with van der Waals surface area (Å²) < 4.78 is 27.0. The highest BCUT2D eigenvalue weighted by Gasteiger charge is 2.17. The first kappa shape index (κ1) is 19.7. The van der Waals surface area contributed by atoms with Crippen LogP contribution in [0.4, 0.5) is 14.6 Å². The van der Waals surface area contributed by atoms with E-state index in [-0.39, 0.29) is 36.4 Å². The summed E-state index contributed by atoms with van der Waals surface area (Å²) >= 11 is 1.17. The number of aromatic nitrogens is 2. The Bertz CT molecular complexity index is 1230. The Labute approximate surface area is 173 Å². The van der Waals surface area contributed by atoms with Crippen molar-refractivity contribution in [1.29, 1.82) is 0 Å². The van der Waals surface area contributed by atoms with Gasteiger partial charge < -0.3 is 10.6 Å². The zero-order valence-corrected chi connectivity index (χ0v) is 16.4. The smallest absolute Gasteiger partial charge is 0.261 e. The molecule has 0 spiro atoms. The number of anilines is 1. The van der Waals surface area contributed by atoms with Gasteiger partial charge in [0.25, 0.3) is 5.91 Å². The van der Waals surface area contributed by atoms with Crippen molar-refractivity contribution < 1.29 is 18.4 Å². The summed E-state index contributed by atoms with van der Waals surface area (Å²) in [5, 5.41) is 12.8. The zero-order chi connectivity index (χ0) is 21.1. The second kappa shape index (κ2) is 8.42. The van der Waals surface area contributed by atoms with Crippen molar-refractivity contribution in [1.82, 2.24) is 15.5 Å². The van der Waals surface area contributed by atoms with Crippen molar-refractivity contribution in [3.8, 4) is 0 Å². The molecule has 2 heterocycles. The molecule has 0 aliphatic heterocycles. The van der Waals surface area contributed by atoms with Crippen molar-refractivity contribution in [2.24, 2.45) is 0 Å². The fourth-order valence-electron chi connectivity index (χ4n) is 2.94. The van der Waals surface area contributed by atoms with E-state index >= 15 is 0 Å². The van der Waals surface area contributed by atoms with E-state index in [1.807, 2.05) is 0 Å². The molecule has 9 heteroatoms. The van der Waals surface area contributed by atoms with Crippen LogP contribution in [0.1, 0.15) is 20.8 Å². The first-order valence-corrected chi connectivity index (χ1v) is 9.85. The average molecular weight is 426 g/mol. The number of nitrogens with zero attached hydrogens (tertiary/aromatic N) is 1. The van der Waals surface area contributed by atoms with Crippen LogP contribution in [0.2, 0.25) is 0 Å². The van der Waals surface area contributed by atoms with Crippen LogP contribution in [-0.4, -0.2) is 22.0 Å². The molecule has 0 aliphatic carbocycles. The molecule has 0 atom stereocenters. The summed E-state index contributed by atoms with van der Waals surface area (Å²) in [6, 6.07) is 13.6. The molecule has 0 radical (unpaired) electrons. The lowest BCUT2D eigenvalue weighted by molar-refractivity contribution is -0.115. The topological polar surface area (TPSA) is 86.9 Å². The van der Waals surface area contributed by atoms with Gasteiger partial charge in [0.05, 0.1) is 16.7 Å². The second-order valence-electron chi connectivity index (χ2n) is 6.55. The largest absolute Gasteiger partial charge is 0.347 e. The van der Waals surface area contributed by atoms with Crippen LogP contribution >= 0.6 is 11.3 Å². The van der Waals surface area contributed by atoms with E-state index in [4.69, 9.17) is 0 Å². The van der Waals surface area contributed by atoms with Crippen molar-refractivity contribution in [2.75, 3.05) is 5.32 Å². The van der Waals surface area contributed by atoms with Crippen LogP contribution < -0.4 is 10.6 Å². The minimum Gasteiger partial charge on any atom is -0.347 e. The third-order valence-electron chi connectivity index (χ3n) is 4.39. The SMILES string of the molecule is O=C(Cc1cccc(F)c1)Nc1n[nH]c2sc(C(=O)NCc3ccccc3F)cc12. The monoisotopic (exact) mass is 426 g/mol. The van der Waals surface area contributed by atoms with Gasteiger partial charge >= 0.3 is 0 Å². The number of nitrogens with one attached hydrogen (secondary N) is 3. The van der Waals surface area contributed by atoms with Gasteiger partial charge in [-0.1, -0.05) is 30.3 Å². The van der Waals surface area contributed by atoms with E-state index in [9.17, 15) is 18.4 Å². The summed E-state index contributed by atoms with van der Waals surface area (Å²) in [5.74, 6) is -1.22. The van der Waals surface area contributed by atoms with Gasteiger partial charge in [0, 0.05) is 12.1 Å². The van der Waals surface area contributed by atoms with Gasteiger partial charge in [0.15, 0.2) is 5.82 Å². The molecule has 0 unspecified atom stereocenters. The number of fused-ring (bicyclic) bond motifs is 1. The predicted molar refractivity (Wildman–Crippen MR) is 110 cm³/mol. The number of aromatic amines is 1. The maximum atomic E-state index is 13.7. The van der Waals surface area contributed by atoms with Gasteiger partial charge in [-0.2, -0.15) is 5.10 Å². The van der Waals surface area contributed by atoms with Crippen molar-refractivity contribution in [2.45, 2.75) is 13.0 Å². The van der Waals surface area contributed by atoms with Gasteiger partial charge in [-0.15, -0.1) is 11.3 Å². The quantitative estimate of drug-likeness (QED) is 0.435. The molecular formula is C21H16F2N4O2S. The number of carbonyl (C=O) groups excluding carboxylic acids is 2. The highest BCUT2D eigenvalue weighted by Crippen LogP contribution is 2.29. The molecule has 0 aliphatic rings. The summed E-state index contributed by atoms with van der Waals surface area (Å²) in [5.41, 5.74) is 0.928. The lowest BCUT2D eigenvalue weighted by atomic mass is 10.1. The lowest BCUT2D eigenvalue weighted by Gasteiger charge is -2.04. The summed E-state index contributed by atoms with van der Waals surface area (Å²) in [6.45, 7) is 0.0623. The average Bonchev–Trinajstić information content (AvgIpc) is 3.29. The Balaban J connectivity index is 1.43. The number of H-pyrrole nitrogens is 1. The molecular weight excluding hydrogens is 410 g/mol. The Kier molecular flexibility index (Phi) is 5.53. The number of amides is 2. The number of carbonyl (C=O) groups is 2. The standard InChI is InChI=1S/C21H16F2N4O2S/c22-14-6-3-4-12(8-14)9-18(28)25-19-15-10-17(30-21(15)27-26-19)20(29)24-11-13-5-1-2-7-16(13)23/h1-8,10H,9,11H2,(H,24,29)(H2,25,26,27,28). The number of benzene rings is 2. The van der Waals surface area contributed by atoms with Gasteiger partial charge in [0.2, 0.25) is 5.91 Å². The Hall–Kier alpha value is -3.59. The molecule has 0 fully saturated rings. The molecule has 0 saturated carbocycles. The van der Waals surface area contributed by atoms with E-state index in [2.05, 4.69) is 20.8 Å². The van der Waals surface area contributed by atoms with E-state index in [1.54, 1.807) is 30.3 Å². The lowest BCUT2D eigenvalue weighted by Crippen LogP contribution is -2.22. The van der Waals surface area contributed by atoms with Crippen LogP contribution in [0.25, 0.3) is 10.2 Å². The fourth-order valence-corrected chi connectivity index (χ4v) is 3.86. The highest BCUT2D eigenvalue weighted by atomic mass is 32.1. The Morgan fingerprint density at radius 3 is 2.70 bits per heavy atom. The molecule has 2 aromatic carbocycles. The van der Waals surface area contributed by atoms with E-state index in [0.29, 0.717) is 26.2 Å². The van der Waals surface area contributed by atoms with Crippen LogP contribution in [0.5, 0.6) is 0 Å². The molecule has 6 nitrogen and oxygen atoms in total. The Morgan fingerprint density at radius 2 is 1.90 bits per heavy atom. The molecule has 0 saturated heterocycles. The summed E-state index contributed by atoms with van der Waals surface area (Å²) in [6.07, 6.45) is -0.00770. The highest BCUT2D eigenvalue weighted by molar-refractivity contribution is 7.20. The van der Waals surface area contributed by atoms with Gasteiger partial charge in [-0.05, 0) is 29.8 Å². The number of hydrogen-bond donors (Lipinski definition) is 3. The molecule has 30 heavy (non-hydrogen) atoms. The minimum absolute atomic E-state index is 0.00770. The van der Waals surface area contributed by atoms with Crippen molar-refractivity contribution >= 4 is 39.2 Å². The van der Waals surface area contributed by atoms with Crippen LogP contribution in [0.3, 0.4) is 0 Å².